The van der Waals surface area contributed by atoms with Gasteiger partial charge in [0.25, 0.3) is 10.0 Å². The summed E-state index contributed by atoms with van der Waals surface area (Å²) in [6.07, 6.45) is 1.24. The van der Waals surface area contributed by atoms with E-state index in [1.807, 2.05) is 30.3 Å². The Morgan fingerprint density at radius 2 is 1.60 bits per heavy atom. The predicted molar refractivity (Wildman–Crippen MR) is 117 cm³/mol. The average Bonchev–Trinajstić information content (AvgIpc) is 2.77. The van der Waals surface area contributed by atoms with E-state index in [9.17, 15) is 13.2 Å². The van der Waals surface area contributed by atoms with Gasteiger partial charge in [-0.25, -0.2) is 8.42 Å². The molecule has 1 heterocycles. The van der Waals surface area contributed by atoms with E-state index in [2.05, 4.69) is 5.32 Å². The summed E-state index contributed by atoms with van der Waals surface area (Å²) in [6, 6.07) is 23.1. The van der Waals surface area contributed by atoms with Crippen LogP contribution in [0.3, 0.4) is 0 Å². The summed E-state index contributed by atoms with van der Waals surface area (Å²) < 4.78 is 33.4. The number of Topliss-reactive ketones (excluding diaryl/α,β-unsaturated/α-hetero) is 1. The molecule has 0 spiro atoms. The first-order valence-electron chi connectivity index (χ1n) is 9.32. The number of methoxy groups -OCH3 is 1. The number of carbonyl (C=O) groups excluding carboxylic acids is 1. The number of benzene rings is 3. The van der Waals surface area contributed by atoms with Crippen LogP contribution in [0, 0.1) is 0 Å². The topological polar surface area (TPSA) is 75.7 Å². The van der Waals surface area contributed by atoms with Gasteiger partial charge in [0.05, 0.1) is 25.0 Å². The third kappa shape index (κ3) is 3.55. The normalized spacial score (nSPS) is 16.2. The molecular formula is C23H20N2O4S. The molecule has 0 unspecified atom stereocenters. The van der Waals surface area contributed by atoms with Crippen LogP contribution >= 0.6 is 0 Å². The van der Waals surface area contributed by atoms with Gasteiger partial charge in [0.2, 0.25) is 5.78 Å². The lowest BCUT2D eigenvalue weighted by molar-refractivity contribution is 0.104. The van der Waals surface area contributed by atoms with E-state index in [0.717, 1.165) is 5.56 Å². The molecule has 6 nitrogen and oxygen atoms in total. The van der Waals surface area contributed by atoms with Gasteiger partial charge in [-0.1, -0.05) is 54.6 Å². The van der Waals surface area contributed by atoms with Crippen LogP contribution in [0.1, 0.15) is 15.9 Å². The van der Waals surface area contributed by atoms with Crippen LogP contribution in [0.4, 0.5) is 11.4 Å². The molecule has 1 aliphatic heterocycles. The van der Waals surface area contributed by atoms with E-state index >= 15 is 0 Å². The lowest BCUT2D eigenvalue weighted by Crippen LogP contribution is -2.39. The van der Waals surface area contributed by atoms with Crippen LogP contribution in [0.15, 0.2) is 90.0 Å². The standard InChI is InChI=1S/C23H20N2O4S/c1-29-21-14-8-6-12-19(21)24-15-22-23(26)18-11-5-7-13-20(18)25(30(22,27)28)16-17-9-3-2-4-10-17/h2-15,24H,16H2,1H3. The van der Waals surface area contributed by atoms with Crippen molar-refractivity contribution >= 4 is 27.2 Å². The summed E-state index contributed by atoms with van der Waals surface area (Å²) in [5, 5.41) is 2.92. The molecule has 0 saturated carbocycles. The Morgan fingerprint density at radius 1 is 0.933 bits per heavy atom. The number of nitrogens with zero attached hydrogens (tertiary/aromatic N) is 1. The monoisotopic (exact) mass is 420 g/mol. The van der Waals surface area contributed by atoms with Crippen molar-refractivity contribution in [3.8, 4) is 5.75 Å². The second kappa shape index (κ2) is 8.04. The number of sulfonamides is 1. The maximum atomic E-state index is 13.4. The molecule has 1 aliphatic rings. The summed E-state index contributed by atoms with van der Waals surface area (Å²) in [5.41, 5.74) is 2.10. The first kappa shape index (κ1) is 19.7. The van der Waals surface area contributed by atoms with Gasteiger partial charge in [-0.05, 0) is 29.8 Å². The first-order valence-corrected chi connectivity index (χ1v) is 10.8. The van der Waals surface area contributed by atoms with E-state index < -0.39 is 15.8 Å². The number of fused-ring (bicyclic) bond motifs is 1. The molecule has 30 heavy (non-hydrogen) atoms. The maximum absolute atomic E-state index is 13.4. The average molecular weight is 420 g/mol. The Hall–Kier alpha value is -3.58. The zero-order valence-electron chi connectivity index (χ0n) is 16.3. The van der Waals surface area contributed by atoms with Crippen molar-refractivity contribution in [2.45, 2.75) is 6.54 Å². The molecule has 4 rings (SSSR count). The summed E-state index contributed by atoms with van der Waals surface area (Å²) in [6.45, 7) is 0.124. The van der Waals surface area contributed by atoms with Gasteiger partial charge in [-0.15, -0.1) is 0 Å². The van der Waals surface area contributed by atoms with Gasteiger partial charge in [0.1, 0.15) is 5.75 Å². The molecule has 0 bridgehead atoms. The Labute approximate surface area is 175 Å². The van der Waals surface area contributed by atoms with Crippen molar-refractivity contribution in [3.63, 3.8) is 0 Å². The van der Waals surface area contributed by atoms with Crippen molar-refractivity contribution in [1.82, 2.24) is 0 Å². The van der Waals surface area contributed by atoms with E-state index in [0.29, 0.717) is 22.7 Å². The molecule has 7 heteroatoms. The fourth-order valence-corrected chi connectivity index (χ4v) is 4.87. The van der Waals surface area contributed by atoms with E-state index in [-0.39, 0.29) is 11.4 Å². The Kier molecular flexibility index (Phi) is 5.29. The van der Waals surface area contributed by atoms with Gasteiger partial charge in [0.15, 0.2) is 4.91 Å². The molecule has 152 valence electrons. The third-order valence-electron chi connectivity index (χ3n) is 4.84. The molecule has 1 N–H and O–H groups in total. The molecule has 0 aromatic heterocycles. The van der Waals surface area contributed by atoms with Crippen molar-refractivity contribution < 1.29 is 17.9 Å². The van der Waals surface area contributed by atoms with Crippen LogP contribution in [-0.4, -0.2) is 21.3 Å². The fourth-order valence-electron chi connectivity index (χ4n) is 3.35. The van der Waals surface area contributed by atoms with Crippen LogP contribution in [0.2, 0.25) is 0 Å². The number of anilines is 2. The van der Waals surface area contributed by atoms with Crippen molar-refractivity contribution in [3.05, 3.63) is 101 Å². The number of allylic oxidation sites excluding steroid dienone is 1. The van der Waals surface area contributed by atoms with Crippen LogP contribution in [0.5, 0.6) is 5.75 Å². The highest BCUT2D eigenvalue weighted by Crippen LogP contribution is 2.36. The molecule has 0 radical (unpaired) electrons. The quantitative estimate of drug-likeness (QED) is 0.627. The van der Waals surface area contributed by atoms with Crippen molar-refractivity contribution in [2.75, 3.05) is 16.7 Å². The minimum Gasteiger partial charge on any atom is -0.495 e. The Bertz CT molecular complexity index is 1220. The van der Waals surface area contributed by atoms with Gasteiger partial charge < -0.3 is 10.1 Å². The third-order valence-corrected chi connectivity index (χ3v) is 6.61. The molecule has 0 fully saturated rings. The summed E-state index contributed by atoms with van der Waals surface area (Å²) >= 11 is 0. The van der Waals surface area contributed by atoms with Crippen molar-refractivity contribution in [1.29, 1.82) is 0 Å². The number of ether oxygens (including phenoxy) is 1. The molecule has 0 amide bonds. The lowest BCUT2D eigenvalue weighted by atomic mass is 10.1. The molecule has 3 aromatic carbocycles. The second-order valence-corrected chi connectivity index (χ2v) is 8.53. The predicted octanol–water partition coefficient (Wildman–Crippen LogP) is 4.18. The highest BCUT2D eigenvalue weighted by Gasteiger charge is 2.40. The number of hydrogen-bond acceptors (Lipinski definition) is 5. The SMILES string of the molecule is COc1ccccc1NC=C1C(=O)c2ccccc2N(Cc2ccccc2)S1(=O)=O. The van der Waals surface area contributed by atoms with Crippen LogP contribution in [0.25, 0.3) is 0 Å². The first-order chi connectivity index (χ1) is 14.5. The van der Waals surface area contributed by atoms with Gasteiger partial charge in [-0.2, -0.15) is 0 Å². The maximum Gasteiger partial charge on any atom is 0.270 e. The summed E-state index contributed by atoms with van der Waals surface area (Å²) in [7, 11) is -2.55. The number of rotatable bonds is 5. The largest absolute Gasteiger partial charge is 0.495 e. The van der Waals surface area contributed by atoms with Crippen LogP contribution < -0.4 is 14.4 Å². The highest BCUT2D eigenvalue weighted by molar-refractivity contribution is 7.97. The zero-order chi connectivity index (χ0) is 21.1. The lowest BCUT2D eigenvalue weighted by Gasteiger charge is -2.31. The smallest absolute Gasteiger partial charge is 0.270 e. The number of ketones is 1. The van der Waals surface area contributed by atoms with E-state index in [4.69, 9.17) is 4.74 Å². The molecular weight excluding hydrogens is 400 g/mol. The Morgan fingerprint density at radius 3 is 2.37 bits per heavy atom. The number of hydrogen-bond donors (Lipinski definition) is 1. The van der Waals surface area contributed by atoms with Gasteiger partial charge >= 0.3 is 0 Å². The minimum atomic E-state index is -4.07. The molecule has 0 atom stereocenters. The van der Waals surface area contributed by atoms with Crippen molar-refractivity contribution in [2.24, 2.45) is 0 Å². The number of nitrogens with one attached hydrogen (secondary N) is 1. The van der Waals surface area contributed by atoms with E-state index in [1.54, 1.807) is 48.5 Å². The molecule has 0 aliphatic carbocycles. The summed E-state index contributed by atoms with van der Waals surface area (Å²) in [5.74, 6) is -0.00569. The van der Waals surface area contributed by atoms with Gasteiger partial charge in [-0.3, -0.25) is 9.10 Å². The number of para-hydroxylation sites is 3. The molecule has 3 aromatic rings. The van der Waals surface area contributed by atoms with Gasteiger partial charge in [0, 0.05) is 11.8 Å². The highest BCUT2D eigenvalue weighted by atomic mass is 32.2. The number of carbonyl (C=O) groups is 1. The molecule has 0 saturated heterocycles. The second-order valence-electron chi connectivity index (χ2n) is 6.70. The minimum absolute atomic E-state index is 0.124. The zero-order valence-corrected chi connectivity index (χ0v) is 17.1. The van der Waals surface area contributed by atoms with Crippen LogP contribution in [-0.2, 0) is 16.6 Å². The fraction of sp³-hybridized carbons (Fsp3) is 0.0870. The Balaban J connectivity index is 1.79. The van der Waals surface area contributed by atoms with E-state index in [1.165, 1.54) is 17.6 Å². The summed E-state index contributed by atoms with van der Waals surface area (Å²) in [4.78, 5) is 12.7.